The number of carbonyl (C=O) groups is 1. The molecule has 1 aromatic rings. The van der Waals surface area contributed by atoms with Crippen LogP contribution in [0.5, 0.6) is 0 Å². The van der Waals surface area contributed by atoms with Crippen LogP contribution in [-0.4, -0.2) is 28.9 Å². The number of nitrogens with two attached hydrogens (primary N) is 1. The Bertz CT molecular complexity index is 460. The second-order valence-corrected chi connectivity index (χ2v) is 5.30. The molecule has 1 saturated carbocycles. The molecule has 1 amide bonds. The van der Waals surface area contributed by atoms with Crippen molar-refractivity contribution >= 4 is 23.3 Å². The number of hydrogen-bond acceptors (Lipinski definition) is 4. The van der Waals surface area contributed by atoms with E-state index >= 15 is 0 Å². The van der Waals surface area contributed by atoms with Crippen LogP contribution >= 0.6 is 11.6 Å². The lowest BCUT2D eigenvalue weighted by Crippen LogP contribution is -2.38. The van der Waals surface area contributed by atoms with E-state index < -0.39 is 0 Å². The highest BCUT2D eigenvalue weighted by molar-refractivity contribution is 6.29. The normalized spacial score (nSPS) is 16.2. The van der Waals surface area contributed by atoms with Crippen molar-refractivity contribution < 1.29 is 4.79 Å². The van der Waals surface area contributed by atoms with Crippen LogP contribution in [0.15, 0.2) is 12.1 Å². The van der Waals surface area contributed by atoms with E-state index in [4.69, 9.17) is 17.4 Å². The minimum atomic E-state index is -0.0345. The van der Waals surface area contributed by atoms with Crippen molar-refractivity contribution in [1.29, 1.82) is 0 Å². The third-order valence-electron chi connectivity index (χ3n) is 3.63. The number of halogens is 1. The SMILES string of the molecule is CN(C(=O)c1cc(Cl)nc(NN)c1)C1CCCCC1. The number of nitrogens with one attached hydrogen (secondary N) is 1. The van der Waals surface area contributed by atoms with E-state index in [9.17, 15) is 4.79 Å². The maximum absolute atomic E-state index is 12.4. The summed E-state index contributed by atoms with van der Waals surface area (Å²) in [7, 11) is 1.85. The lowest BCUT2D eigenvalue weighted by Gasteiger charge is -2.31. The summed E-state index contributed by atoms with van der Waals surface area (Å²) in [5.74, 6) is 5.67. The number of amides is 1. The van der Waals surface area contributed by atoms with Crippen LogP contribution < -0.4 is 11.3 Å². The van der Waals surface area contributed by atoms with Gasteiger partial charge in [-0.3, -0.25) is 4.79 Å². The number of aromatic nitrogens is 1. The van der Waals surface area contributed by atoms with Gasteiger partial charge in [0, 0.05) is 18.7 Å². The standard InChI is InChI=1S/C13H19ClN4O/c1-18(10-5-3-2-4-6-10)13(19)9-7-11(14)16-12(8-9)17-15/h7-8,10H,2-6,15H2,1H3,(H,16,17). The molecule has 19 heavy (non-hydrogen) atoms. The summed E-state index contributed by atoms with van der Waals surface area (Å²) in [6, 6.07) is 3.51. The van der Waals surface area contributed by atoms with Crippen molar-refractivity contribution in [3.63, 3.8) is 0 Å². The quantitative estimate of drug-likeness (QED) is 0.507. The first-order chi connectivity index (χ1) is 9.11. The van der Waals surface area contributed by atoms with Gasteiger partial charge < -0.3 is 10.3 Å². The van der Waals surface area contributed by atoms with Crippen molar-refractivity contribution in [3.05, 3.63) is 22.8 Å². The summed E-state index contributed by atoms with van der Waals surface area (Å²) in [6.45, 7) is 0. The molecule has 104 valence electrons. The first-order valence-corrected chi connectivity index (χ1v) is 6.91. The predicted octanol–water partition coefficient (Wildman–Crippen LogP) is 2.43. The second kappa shape index (κ2) is 6.21. The average Bonchev–Trinajstić information content (AvgIpc) is 2.46. The van der Waals surface area contributed by atoms with Crippen LogP contribution in [0, 0.1) is 0 Å². The molecule has 1 aliphatic rings. The Morgan fingerprint density at radius 3 is 2.74 bits per heavy atom. The fourth-order valence-corrected chi connectivity index (χ4v) is 2.74. The van der Waals surface area contributed by atoms with Gasteiger partial charge >= 0.3 is 0 Å². The zero-order valence-corrected chi connectivity index (χ0v) is 11.8. The second-order valence-electron chi connectivity index (χ2n) is 4.92. The zero-order chi connectivity index (χ0) is 13.8. The summed E-state index contributed by atoms with van der Waals surface area (Å²) in [5.41, 5.74) is 2.93. The molecular formula is C13H19ClN4O. The summed E-state index contributed by atoms with van der Waals surface area (Å²) in [4.78, 5) is 18.2. The van der Waals surface area contributed by atoms with E-state index in [1.54, 1.807) is 12.1 Å². The molecule has 1 heterocycles. The highest BCUT2D eigenvalue weighted by atomic mass is 35.5. The highest BCUT2D eigenvalue weighted by Crippen LogP contribution is 2.24. The largest absolute Gasteiger partial charge is 0.339 e. The molecule has 0 atom stereocenters. The number of nitrogen functional groups attached to an aromatic ring is 1. The van der Waals surface area contributed by atoms with Gasteiger partial charge in [-0.1, -0.05) is 30.9 Å². The van der Waals surface area contributed by atoms with Crippen LogP contribution in [0.1, 0.15) is 42.5 Å². The topological polar surface area (TPSA) is 71.2 Å². The molecule has 0 spiro atoms. The van der Waals surface area contributed by atoms with Crippen LogP contribution in [-0.2, 0) is 0 Å². The van der Waals surface area contributed by atoms with Gasteiger partial charge in [0.2, 0.25) is 0 Å². The Morgan fingerprint density at radius 2 is 2.11 bits per heavy atom. The monoisotopic (exact) mass is 282 g/mol. The minimum Gasteiger partial charge on any atom is -0.339 e. The number of anilines is 1. The van der Waals surface area contributed by atoms with Crippen molar-refractivity contribution in [2.45, 2.75) is 38.1 Å². The molecule has 1 aromatic heterocycles. The van der Waals surface area contributed by atoms with Gasteiger partial charge in [-0.2, -0.15) is 0 Å². The van der Waals surface area contributed by atoms with Crippen molar-refractivity contribution in [3.8, 4) is 0 Å². The molecule has 0 bridgehead atoms. The van der Waals surface area contributed by atoms with Gasteiger partial charge in [-0.05, 0) is 25.0 Å². The fourth-order valence-electron chi connectivity index (χ4n) is 2.53. The maximum atomic E-state index is 12.4. The first kappa shape index (κ1) is 14.1. The van der Waals surface area contributed by atoms with E-state index in [-0.39, 0.29) is 11.1 Å². The number of carbonyl (C=O) groups excluding carboxylic acids is 1. The summed E-state index contributed by atoms with van der Waals surface area (Å²) >= 11 is 5.89. The maximum Gasteiger partial charge on any atom is 0.254 e. The summed E-state index contributed by atoms with van der Waals surface area (Å²) in [6.07, 6.45) is 5.79. The number of hydrazine groups is 1. The lowest BCUT2D eigenvalue weighted by atomic mass is 9.94. The molecule has 1 aliphatic carbocycles. The van der Waals surface area contributed by atoms with E-state index in [0.717, 1.165) is 12.8 Å². The number of pyridine rings is 1. The molecule has 0 aliphatic heterocycles. The van der Waals surface area contributed by atoms with Gasteiger partial charge in [0.05, 0.1) is 0 Å². The highest BCUT2D eigenvalue weighted by Gasteiger charge is 2.23. The zero-order valence-electron chi connectivity index (χ0n) is 11.0. The number of nitrogens with zero attached hydrogens (tertiary/aromatic N) is 2. The molecule has 6 heteroatoms. The molecule has 3 N–H and O–H groups in total. The van der Waals surface area contributed by atoms with Gasteiger partial charge in [0.25, 0.3) is 5.91 Å². The van der Waals surface area contributed by atoms with Gasteiger partial charge in [-0.15, -0.1) is 0 Å². The Balaban J connectivity index is 2.15. The number of rotatable bonds is 3. The fraction of sp³-hybridized carbons (Fsp3) is 0.538. The Kier molecular flexibility index (Phi) is 4.61. The van der Waals surface area contributed by atoms with E-state index in [0.29, 0.717) is 17.4 Å². The van der Waals surface area contributed by atoms with Crippen LogP contribution in [0.4, 0.5) is 5.82 Å². The third kappa shape index (κ3) is 3.36. The molecule has 0 radical (unpaired) electrons. The van der Waals surface area contributed by atoms with Gasteiger partial charge in [0.1, 0.15) is 11.0 Å². The van der Waals surface area contributed by atoms with Crippen molar-refractivity contribution in [2.24, 2.45) is 5.84 Å². The predicted molar refractivity (Wildman–Crippen MR) is 76.0 cm³/mol. The average molecular weight is 283 g/mol. The van der Waals surface area contributed by atoms with Crippen LogP contribution in [0.3, 0.4) is 0 Å². The minimum absolute atomic E-state index is 0.0345. The molecule has 0 unspecified atom stereocenters. The van der Waals surface area contributed by atoms with Gasteiger partial charge in [-0.25, -0.2) is 10.8 Å². The van der Waals surface area contributed by atoms with Crippen molar-refractivity contribution in [2.75, 3.05) is 12.5 Å². The molecule has 5 nitrogen and oxygen atoms in total. The molecule has 2 rings (SSSR count). The Morgan fingerprint density at radius 1 is 1.42 bits per heavy atom. The molecule has 0 saturated heterocycles. The van der Waals surface area contributed by atoms with Gasteiger partial charge in [0.15, 0.2) is 0 Å². The van der Waals surface area contributed by atoms with Crippen LogP contribution in [0.25, 0.3) is 0 Å². The summed E-state index contributed by atoms with van der Waals surface area (Å²) < 4.78 is 0. The first-order valence-electron chi connectivity index (χ1n) is 6.53. The van der Waals surface area contributed by atoms with E-state index in [1.165, 1.54) is 19.3 Å². The van der Waals surface area contributed by atoms with E-state index in [2.05, 4.69) is 10.4 Å². The molecular weight excluding hydrogens is 264 g/mol. The lowest BCUT2D eigenvalue weighted by molar-refractivity contribution is 0.0696. The molecule has 1 fully saturated rings. The molecule has 0 aromatic carbocycles. The van der Waals surface area contributed by atoms with Crippen molar-refractivity contribution in [1.82, 2.24) is 9.88 Å². The smallest absolute Gasteiger partial charge is 0.254 e. The van der Waals surface area contributed by atoms with E-state index in [1.807, 2.05) is 11.9 Å². The third-order valence-corrected chi connectivity index (χ3v) is 3.83. The Hall–Kier alpha value is -1.33. The van der Waals surface area contributed by atoms with Crippen LogP contribution in [0.2, 0.25) is 5.15 Å². The summed E-state index contributed by atoms with van der Waals surface area (Å²) in [5, 5.41) is 0.260. The number of hydrogen-bond donors (Lipinski definition) is 2. The Labute approximate surface area is 118 Å².